The van der Waals surface area contributed by atoms with Gasteiger partial charge in [-0.25, -0.2) is 0 Å². The molecule has 0 unspecified atom stereocenters. The highest BCUT2D eigenvalue weighted by Gasteiger charge is 2.32. The molecule has 1 rings (SSSR count). The van der Waals surface area contributed by atoms with Gasteiger partial charge in [0.25, 0.3) is 5.69 Å². The molecule has 0 saturated carbocycles. The number of hydrogen-bond donors (Lipinski definition) is 1. The maximum atomic E-state index is 12.2. The van der Waals surface area contributed by atoms with E-state index in [1.807, 2.05) is 0 Å². The number of halogens is 3. The minimum absolute atomic E-state index is 0.0223. The highest BCUT2D eigenvalue weighted by molar-refractivity contribution is 7.79. The molecular weight excluding hydrogens is 231 g/mol. The van der Waals surface area contributed by atoms with Crippen LogP contribution in [0.4, 0.5) is 18.9 Å². The quantitative estimate of drug-likeness (QED) is 0.488. The lowest BCUT2D eigenvalue weighted by Crippen LogP contribution is -2.06. The van der Waals surface area contributed by atoms with Crippen LogP contribution in [0.15, 0.2) is 18.2 Å². The molecule has 0 aliphatic heterocycles. The number of rotatable bonds is 2. The molecule has 0 aliphatic carbocycles. The van der Waals surface area contributed by atoms with Gasteiger partial charge >= 0.3 is 6.18 Å². The summed E-state index contributed by atoms with van der Waals surface area (Å²) in [6, 6.07) is 2.39. The van der Waals surface area contributed by atoms with Crippen molar-refractivity contribution in [2.24, 2.45) is 0 Å². The number of nitrogens with zero attached hydrogens (tertiary/aromatic N) is 1. The van der Waals surface area contributed by atoms with Gasteiger partial charge in [-0.05, 0) is 6.07 Å². The first-order valence-electron chi connectivity index (χ1n) is 3.81. The second-order valence-electron chi connectivity index (χ2n) is 2.76. The van der Waals surface area contributed by atoms with E-state index in [0.717, 1.165) is 12.1 Å². The Morgan fingerprint density at radius 1 is 1.40 bits per heavy atom. The second kappa shape index (κ2) is 4.09. The monoisotopic (exact) mass is 237 g/mol. The van der Waals surface area contributed by atoms with Gasteiger partial charge in [-0.2, -0.15) is 25.8 Å². The van der Waals surface area contributed by atoms with E-state index >= 15 is 0 Å². The lowest BCUT2D eigenvalue weighted by molar-refractivity contribution is -0.385. The third kappa shape index (κ3) is 2.62. The Bertz CT molecular complexity index is 392. The maximum absolute atomic E-state index is 12.2. The number of nitro benzene ring substituents is 1. The van der Waals surface area contributed by atoms with Crippen LogP contribution in [0.2, 0.25) is 0 Å². The van der Waals surface area contributed by atoms with Gasteiger partial charge in [0.15, 0.2) is 0 Å². The first kappa shape index (κ1) is 11.8. The summed E-state index contributed by atoms with van der Waals surface area (Å²) in [6.07, 6.45) is -4.57. The Kier molecular flexibility index (Phi) is 3.23. The predicted molar refractivity (Wildman–Crippen MR) is 50.8 cm³/mol. The van der Waals surface area contributed by atoms with Crippen LogP contribution in [0.3, 0.4) is 0 Å². The lowest BCUT2D eigenvalue weighted by Gasteiger charge is -2.07. The molecule has 0 fully saturated rings. The summed E-state index contributed by atoms with van der Waals surface area (Å²) in [7, 11) is 0. The van der Waals surface area contributed by atoms with Crippen molar-refractivity contribution in [2.75, 3.05) is 0 Å². The van der Waals surface area contributed by atoms with Crippen molar-refractivity contribution in [3.8, 4) is 0 Å². The Hall–Kier alpha value is -1.24. The number of hydrogen-bond acceptors (Lipinski definition) is 3. The van der Waals surface area contributed by atoms with Crippen molar-refractivity contribution in [3.63, 3.8) is 0 Å². The van der Waals surface area contributed by atoms with Crippen LogP contribution in [0.25, 0.3) is 0 Å². The van der Waals surface area contributed by atoms with Crippen LogP contribution in [-0.4, -0.2) is 4.92 Å². The van der Waals surface area contributed by atoms with Gasteiger partial charge in [-0.3, -0.25) is 10.1 Å². The zero-order valence-corrected chi connectivity index (χ0v) is 8.18. The lowest BCUT2D eigenvalue weighted by atomic mass is 10.1. The Balaban J connectivity index is 3.28. The Morgan fingerprint density at radius 3 is 2.40 bits per heavy atom. The van der Waals surface area contributed by atoms with Gasteiger partial charge < -0.3 is 0 Å². The first-order chi connectivity index (χ1) is 6.86. The van der Waals surface area contributed by atoms with Crippen molar-refractivity contribution in [3.05, 3.63) is 39.4 Å². The second-order valence-corrected chi connectivity index (χ2v) is 3.07. The molecule has 82 valence electrons. The maximum Gasteiger partial charge on any atom is 0.416 e. The molecule has 0 N–H and O–H groups in total. The van der Waals surface area contributed by atoms with E-state index in [-0.39, 0.29) is 11.3 Å². The first-order valence-corrected chi connectivity index (χ1v) is 4.45. The summed E-state index contributed by atoms with van der Waals surface area (Å²) in [5.41, 5.74) is -1.42. The van der Waals surface area contributed by atoms with Crippen molar-refractivity contribution < 1.29 is 18.1 Å². The number of thiol groups is 1. The number of benzene rings is 1. The van der Waals surface area contributed by atoms with Crippen LogP contribution in [0.5, 0.6) is 0 Å². The van der Waals surface area contributed by atoms with Crippen molar-refractivity contribution in [1.82, 2.24) is 0 Å². The molecule has 0 saturated heterocycles. The normalized spacial score (nSPS) is 11.5. The molecule has 3 nitrogen and oxygen atoms in total. The summed E-state index contributed by atoms with van der Waals surface area (Å²) >= 11 is 3.80. The molecular formula is C8H6F3NO2S. The van der Waals surface area contributed by atoms with E-state index in [0.29, 0.717) is 6.07 Å². The standard InChI is InChI=1S/C8H6F3NO2S/c9-8(10,11)6-2-1-5(4-15)7(3-6)12(13)14/h1-3,15H,4H2. The summed E-state index contributed by atoms with van der Waals surface area (Å²) in [5, 5.41) is 10.5. The van der Waals surface area contributed by atoms with E-state index in [1.165, 1.54) is 0 Å². The van der Waals surface area contributed by atoms with Crippen molar-refractivity contribution >= 4 is 18.3 Å². The van der Waals surface area contributed by atoms with Gasteiger partial charge in [-0.15, -0.1) is 0 Å². The zero-order valence-electron chi connectivity index (χ0n) is 7.28. The van der Waals surface area contributed by atoms with Gasteiger partial charge in [0.05, 0.1) is 10.5 Å². The van der Waals surface area contributed by atoms with E-state index in [4.69, 9.17) is 0 Å². The average Bonchev–Trinajstić information content (AvgIpc) is 2.15. The third-order valence-electron chi connectivity index (χ3n) is 1.78. The minimum Gasteiger partial charge on any atom is -0.258 e. The average molecular weight is 237 g/mol. The van der Waals surface area contributed by atoms with Gasteiger partial charge in [0.2, 0.25) is 0 Å². The topological polar surface area (TPSA) is 43.1 Å². The molecule has 1 aromatic rings. The molecule has 1 aromatic carbocycles. The van der Waals surface area contributed by atoms with Crippen molar-refractivity contribution in [1.29, 1.82) is 0 Å². The molecule has 7 heteroatoms. The number of alkyl halides is 3. The molecule has 0 aromatic heterocycles. The van der Waals surface area contributed by atoms with Crippen LogP contribution in [0, 0.1) is 10.1 Å². The molecule has 0 radical (unpaired) electrons. The summed E-state index contributed by atoms with van der Waals surface area (Å²) in [5.74, 6) is 0.0223. The molecule has 0 amide bonds. The fraction of sp³-hybridized carbons (Fsp3) is 0.250. The molecule has 0 heterocycles. The van der Waals surface area contributed by atoms with Crippen LogP contribution in [-0.2, 0) is 11.9 Å². The highest BCUT2D eigenvalue weighted by Crippen LogP contribution is 2.33. The SMILES string of the molecule is O=[N+]([O-])c1cc(C(F)(F)F)ccc1CS. The van der Waals surface area contributed by atoms with Gasteiger partial charge in [0, 0.05) is 17.4 Å². The Morgan fingerprint density at radius 2 is 2.00 bits per heavy atom. The van der Waals surface area contributed by atoms with Gasteiger partial charge in [-0.1, -0.05) is 6.07 Å². The van der Waals surface area contributed by atoms with E-state index in [9.17, 15) is 23.3 Å². The van der Waals surface area contributed by atoms with Crippen LogP contribution >= 0.6 is 12.6 Å². The van der Waals surface area contributed by atoms with Gasteiger partial charge in [0.1, 0.15) is 0 Å². The van der Waals surface area contributed by atoms with E-state index < -0.39 is 22.4 Å². The molecule has 0 bridgehead atoms. The highest BCUT2D eigenvalue weighted by atomic mass is 32.1. The summed E-state index contributed by atoms with van der Waals surface area (Å²) in [4.78, 5) is 9.62. The Labute approximate surface area is 88.5 Å². The van der Waals surface area contributed by atoms with E-state index in [2.05, 4.69) is 12.6 Å². The molecule has 0 spiro atoms. The summed E-state index contributed by atoms with van der Waals surface area (Å²) < 4.78 is 36.7. The third-order valence-corrected chi connectivity index (χ3v) is 2.12. The molecule has 0 atom stereocenters. The van der Waals surface area contributed by atoms with Crippen molar-refractivity contribution in [2.45, 2.75) is 11.9 Å². The smallest absolute Gasteiger partial charge is 0.258 e. The zero-order chi connectivity index (χ0) is 11.6. The summed E-state index contributed by atoms with van der Waals surface area (Å²) in [6.45, 7) is 0. The predicted octanol–water partition coefficient (Wildman–Crippen LogP) is 3.04. The van der Waals surface area contributed by atoms with E-state index in [1.54, 1.807) is 0 Å². The molecule has 0 aliphatic rings. The number of nitro groups is 1. The fourth-order valence-electron chi connectivity index (χ4n) is 1.04. The molecule has 15 heavy (non-hydrogen) atoms. The largest absolute Gasteiger partial charge is 0.416 e. The fourth-order valence-corrected chi connectivity index (χ4v) is 1.31. The minimum atomic E-state index is -4.57. The van der Waals surface area contributed by atoms with Crippen LogP contribution in [0.1, 0.15) is 11.1 Å². The van der Waals surface area contributed by atoms with Crippen LogP contribution < -0.4 is 0 Å².